The van der Waals surface area contributed by atoms with Crippen LogP contribution in [0.3, 0.4) is 0 Å². The molecule has 0 aliphatic rings. The van der Waals surface area contributed by atoms with Crippen molar-refractivity contribution >= 4 is 23.5 Å². The van der Waals surface area contributed by atoms with E-state index in [1.807, 2.05) is 0 Å². The van der Waals surface area contributed by atoms with Crippen molar-refractivity contribution in [2.24, 2.45) is 0 Å². The molecule has 0 saturated carbocycles. The lowest BCUT2D eigenvalue weighted by Crippen LogP contribution is -2.16. The van der Waals surface area contributed by atoms with Crippen molar-refractivity contribution in [3.63, 3.8) is 0 Å². The van der Waals surface area contributed by atoms with E-state index in [1.54, 1.807) is 31.2 Å². The zero-order chi connectivity index (χ0) is 13.8. The lowest BCUT2D eigenvalue weighted by atomic mass is 10.1. The Hall–Kier alpha value is -2.14. The van der Waals surface area contributed by atoms with Crippen LogP contribution in [0.2, 0.25) is 5.15 Å². The number of halogens is 1. The molecule has 0 aliphatic carbocycles. The highest BCUT2D eigenvalue weighted by Gasteiger charge is 2.07. The number of rotatable bonds is 3. The monoisotopic (exact) mass is 277 g/mol. The summed E-state index contributed by atoms with van der Waals surface area (Å²) in [5.74, 6) is 0.0302. The van der Waals surface area contributed by atoms with Gasteiger partial charge in [-0.15, -0.1) is 0 Å². The summed E-state index contributed by atoms with van der Waals surface area (Å²) in [6, 6.07) is 8.11. The summed E-state index contributed by atoms with van der Waals surface area (Å²) in [5, 5.41) is 12.2. The lowest BCUT2D eigenvalue weighted by molar-refractivity contribution is -0.115. The van der Waals surface area contributed by atoms with Gasteiger partial charge in [-0.25, -0.2) is 9.97 Å². The summed E-state index contributed by atoms with van der Waals surface area (Å²) in [4.78, 5) is 19.8. The number of nitrogens with one attached hydrogen (secondary N) is 1. The topological polar surface area (TPSA) is 75.1 Å². The standard InChI is InChI=1S/C13H12ClN3O2/c1-8-5-11(14)16-13(15-8)17-12(19)7-9-3-2-4-10(18)6-9/h2-6,18H,7H2,1H3,(H,15,16,17,19). The molecule has 0 fully saturated rings. The van der Waals surface area contributed by atoms with Crippen LogP contribution >= 0.6 is 11.6 Å². The Morgan fingerprint density at radius 2 is 2.16 bits per heavy atom. The average Bonchev–Trinajstić information content (AvgIpc) is 2.26. The first kappa shape index (κ1) is 13.3. The van der Waals surface area contributed by atoms with Gasteiger partial charge in [0.1, 0.15) is 10.9 Å². The molecule has 1 amide bonds. The summed E-state index contributed by atoms with van der Waals surface area (Å²) in [6.45, 7) is 1.76. The van der Waals surface area contributed by atoms with Gasteiger partial charge >= 0.3 is 0 Å². The molecular weight excluding hydrogens is 266 g/mol. The average molecular weight is 278 g/mol. The molecule has 0 atom stereocenters. The van der Waals surface area contributed by atoms with Gasteiger partial charge in [0.2, 0.25) is 11.9 Å². The minimum absolute atomic E-state index is 0.125. The highest BCUT2D eigenvalue weighted by Crippen LogP contribution is 2.13. The van der Waals surface area contributed by atoms with Gasteiger partial charge in [-0.3, -0.25) is 10.1 Å². The highest BCUT2D eigenvalue weighted by atomic mass is 35.5. The number of carbonyl (C=O) groups is 1. The van der Waals surface area contributed by atoms with Gasteiger partial charge in [0.15, 0.2) is 0 Å². The molecule has 2 N–H and O–H groups in total. The fraction of sp³-hybridized carbons (Fsp3) is 0.154. The van der Waals surface area contributed by atoms with Crippen molar-refractivity contribution in [3.05, 3.63) is 46.7 Å². The first-order valence-electron chi connectivity index (χ1n) is 5.62. The van der Waals surface area contributed by atoms with Crippen LogP contribution in [0.5, 0.6) is 5.75 Å². The summed E-state index contributed by atoms with van der Waals surface area (Å²) in [7, 11) is 0. The molecule has 2 rings (SSSR count). The molecule has 0 saturated heterocycles. The Labute approximate surface area is 115 Å². The largest absolute Gasteiger partial charge is 0.508 e. The molecule has 5 nitrogen and oxygen atoms in total. The fourth-order valence-corrected chi connectivity index (χ4v) is 1.84. The van der Waals surface area contributed by atoms with E-state index in [2.05, 4.69) is 15.3 Å². The van der Waals surface area contributed by atoms with E-state index in [4.69, 9.17) is 11.6 Å². The van der Waals surface area contributed by atoms with E-state index in [0.717, 1.165) is 0 Å². The summed E-state index contributed by atoms with van der Waals surface area (Å²) in [5.41, 5.74) is 1.38. The van der Waals surface area contributed by atoms with Gasteiger partial charge in [-0.05, 0) is 30.7 Å². The van der Waals surface area contributed by atoms with Gasteiger partial charge in [0, 0.05) is 5.69 Å². The first-order valence-corrected chi connectivity index (χ1v) is 5.99. The fourth-order valence-electron chi connectivity index (χ4n) is 1.61. The summed E-state index contributed by atoms with van der Waals surface area (Å²) < 4.78 is 0. The number of phenolic OH excluding ortho intramolecular Hbond substituents is 1. The number of nitrogens with zero attached hydrogens (tertiary/aromatic N) is 2. The van der Waals surface area contributed by atoms with E-state index in [-0.39, 0.29) is 29.2 Å². The van der Waals surface area contributed by atoms with Crippen molar-refractivity contribution in [1.29, 1.82) is 0 Å². The van der Waals surface area contributed by atoms with Gasteiger partial charge in [0.25, 0.3) is 0 Å². The normalized spacial score (nSPS) is 10.2. The number of benzene rings is 1. The molecule has 0 unspecified atom stereocenters. The Morgan fingerprint density at radius 1 is 1.37 bits per heavy atom. The predicted molar refractivity (Wildman–Crippen MR) is 72.2 cm³/mol. The van der Waals surface area contributed by atoms with E-state index < -0.39 is 0 Å². The van der Waals surface area contributed by atoms with Crippen molar-refractivity contribution < 1.29 is 9.90 Å². The van der Waals surface area contributed by atoms with Crippen molar-refractivity contribution in [3.8, 4) is 5.75 Å². The second-order valence-electron chi connectivity index (χ2n) is 4.05. The number of hydrogen-bond acceptors (Lipinski definition) is 4. The smallest absolute Gasteiger partial charge is 0.231 e. The molecule has 19 heavy (non-hydrogen) atoms. The molecule has 1 aromatic heterocycles. The van der Waals surface area contributed by atoms with Crippen molar-refractivity contribution in [1.82, 2.24) is 9.97 Å². The quantitative estimate of drug-likeness (QED) is 0.845. The molecule has 6 heteroatoms. The number of phenols is 1. The predicted octanol–water partition coefficient (Wildman–Crippen LogP) is 2.33. The molecule has 98 valence electrons. The maximum atomic E-state index is 11.8. The second kappa shape index (κ2) is 5.67. The Balaban J connectivity index is 2.05. The van der Waals surface area contributed by atoms with Crippen LogP contribution in [-0.2, 0) is 11.2 Å². The maximum absolute atomic E-state index is 11.8. The third-order valence-electron chi connectivity index (χ3n) is 2.35. The van der Waals surface area contributed by atoms with E-state index >= 15 is 0 Å². The summed E-state index contributed by atoms with van der Waals surface area (Å²) in [6.07, 6.45) is 0.128. The van der Waals surface area contributed by atoms with Crippen LogP contribution in [0.15, 0.2) is 30.3 Å². The molecule has 0 bridgehead atoms. The molecule has 0 spiro atoms. The van der Waals surface area contributed by atoms with Gasteiger partial charge in [0.05, 0.1) is 6.42 Å². The zero-order valence-corrected chi connectivity index (χ0v) is 11.0. The number of carbonyl (C=O) groups excluding carboxylic acids is 1. The molecule has 1 aromatic carbocycles. The molecule has 2 aromatic rings. The first-order chi connectivity index (χ1) is 9.02. The lowest BCUT2D eigenvalue weighted by Gasteiger charge is -2.05. The zero-order valence-electron chi connectivity index (χ0n) is 10.2. The van der Waals surface area contributed by atoms with E-state index in [1.165, 1.54) is 6.07 Å². The second-order valence-corrected chi connectivity index (χ2v) is 4.44. The number of aryl methyl sites for hydroxylation is 1. The Kier molecular flexibility index (Phi) is 3.97. The van der Waals surface area contributed by atoms with Crippen LogP contribution in [0.1, 0.15) is 11.3 Å². The summed E-state index contributed by atoms with van der Waals surface area (Å²) >= 11 is 5.78. The Morgan fingerprint density at radius 3 is 2.84 bits per heavy atom. The van der Waals surface area contributed by atoms with Crippen LogP contribution in [-0.4, -0.2) is 21.0 Å². The van der Waals surface area contributed by atoms with Gasteiger partial charge < -0.3 is 5.11 Å². The number of aromatic nitrogens is 2. The SMILES string of the molecule is Cc1cc(Cl)nc(NC(=O)Cc2cccc(O)c2)n1. The minimum Gasteiger partial charge on any atom is -0.508 e. The van der Waals surface area contributed by atoms with Gasteiger partial charge in [-0.2, -0.15) is 0 Å². The number of amides is 1. The number of aromatic hydroxyl groups is 1. The number of anilines is 1. The van der Waals surface area contributed by atoms with Crippen LogP contribution < -0.4 is 5.32 Å². The van der Waals surface area contributed by atoms with Gasteiger partial charge in [-0.1, -0.05) is 23.7 Å². The molecular formula is C13H12ClN3O2. The van der Waals surface area contributed by atoms with E-state index in [0.29, 0.717) is 11.3 Å². The van der Waals surface area contributed by atoms with Crippen LogP contribution in [0.25, 0.3) is 0 Å². The van der Waals surface area contributed by atoms with E-state index in [9.17, 15) is 9.90 Å². The third kappa shape index (κ3) is 3.93. The molecule has 0 radical (unpaired) electrons. The van der Waals surface area contributed by atoms with Crippen LogP contribution in [0.4, 0.5) is 5.95 Å². The highest BCUT2D eigenvalue weighted by molar-refractivity contribution is 6.29. The maximum Gasteiger partial charge on any atom is 0.231 e. The minimum atomic E-state index is -0.271. The Bertz CT molecular complexity index is 596. The molecule has 0 aliphatic heterocycles. The van der Waals surface area contributed by atoms with Crippen molar-refractivity contribution in [2.45, 2.75) is 13.3 Å². The number of hydrogen-bond donors (Lipinski definition) is 2. The van der Waals surface area contributed by atoms with Crippen LogP contribution in [0, 0.1) is 6.92 Å². The molecule has 1 heterocycles. The third-order valence-corrected chi connectivity index (χ3v) is 2.54. The van der Waals surface area contributed by atoms with Crippen molar-refractivity contribution in [2.75, 3.05) is 5.32 Å².